The molecule has 0 saturated carbocycles. The van der Waals surface area contributed by atoms with Crippen molar-refractivity contribution in [1.82, 2.24) is 10.2 Å². The summed E-state index contributed by atoms with van der Waals surface area (Å²) in [5.41, 5.74) is 1.33. The molecule has 7 heteroatoms. The number of ether oxygens (including phenoxy) is 1. The summed E-state index contributed by atoms with van der Waals surface area (Å²) in [4.78, 5) is 26.8. The monoisotopic (exact) mass is 383 g/mol. The van der Waals surface area contributed by atoms with Gasteiger partial charge in [-0.15, -0.1) is 12.4 Å². The van der Waals surface area contributed by atoms with Crippen molar-refractivity contribution in [2.24, 2.45) is 0 Å². The maximum atomic E-state index is 12.6. The molecule has 0 bridgehead atoms. The normalized spacial score (nSPS) is 19.3. The largest absolute Gasteiger partial charge is 0.375 e. The molecule has 1 aromatic carbocycles. The number of benzene rings is 1. The molecule has 0 aromatic heterocycles. The third-order valence-corrected chi connectivity index (χ3v) is 4.27. The van der Waals surface area contributed by atoms with Gasteiger partial charge in [0.05, 0.1) is 12.7 Å². The van der Waals surface area contributed by atoms with Crippen molar-refractivity contribution in [2.75, 3.05) is 31.6 Å². The minimum absolute atomic E-state index is 0. The zero-order valence-electron chi connectivity index (χ0n) is 15.8. The molecule has 1 heterocycles. The molecule has 6 nitrogen and oxygen atoms in total. The second-order valence-corrected chi connectivity index (χ2v) is 6.37. The fraction of sp³-hybridized carbons (Fsp3) is 0.579. The van der Waals surface area contributed by atoms with E-state index >= 15 is 0 Å². The number of carbonyl (C=O) groups excluding carboxylic acids is 2. The lowest BCUT2D eigenvalue weighted by Gasteiger charge is -2.29. The van der Waals surface area contributed by atoms with Gasteiger partial charge in [-0.25, -0.2) is 0 Å². The number of nitrogens with zero attached hydrogens (tertiary/aromatic N) is 1. The van der Waals surface area contributed by atoms with E-state index in [1.54, 1.807) is 24.3 Å². The summed E-state index contributed by atoms with van der Waals surface area (Å²) in [5, 5.41) is 6.05. The van der Waals surface area contributed by atoms with Gasteiger partial charge in [0.25, 0.3) is 5.91 Å². The number of hydrogen-bond donors (Lipinski definition) is 2. The van der Waals surface area contributed by atoms with Gasteiger partial charge < -0.3 is 20.3 Å². The SMILES string of the molecule is CCCN(CCC)C(=O)c1ccc(NC(=O)[C@H]2NCCO[C@@H]2C)cc1.Cl. The van der Waals surface area contributed by atoms with Gasteiger partial charge in [-0.2, -0.15) is 0 Å². The number of hydrogen-bond acceptors (Lipinski definition) is 4. The van der Waals surface area contributed by atoms with Crippen molar-refractivity contribution in [1.29, 1.82) is 0 Å². The smallest absolute Gasteiger partial charge is 0.253 e. The molecule has 1 aromatic rings. The van der Waals surface area contributed by atoms with Crippen LogP contribution in [0.2, 0.25) is 0 Å². The zero-order valence-corrected chi connectivity index (χ0v) is 16.6. The first-order valence-electron chi connectivity index (χ1n) is 9.12. The minimum atomic E-state index is -0.361. The van der Waals surface area contributed by atoms with E-state index < -0.39 is 0 Å². The summed E-state index contributed by atoms with van der Waals surface area (Å²) in [5.74, 6) is -0.0811. The number of halogens is 1. The molecule has 1 aliphatic rings. The van der Waals surface area contributed by atoms with Gasteiger partial charge in [-0.1, -0.05) is 13.8 Å². The van der Waals surface area contributed by atoms with Crippen molar-refractivity contribution in [3.63, 3.8) is 0 Å². The van der Waals surface area contributed by atoms with Crippen LogP contribution in [0.1, 0.15) is 44.0 Å². The minimum Gasteiger partial charge on any atom is -0.375 e. The first-order chi connectivity index (χ1) is 12.1. The maximum Gasteiger partial charge on any atom is 0.253 e. The van der Waals surface area contributed by atoms with Crippen molar-refractivity contribution < 1.29 is 14.3 Å². The lowest BCUT2D eigenvalue weighted by molar-refractivity contribution is -0.123. The summed E-state index contributed by atoms with van der Waals surface area (Å²) < 4.78 is 5.50. The van der Waals surface area contributed by atoms with Crippen LogP contribution in [-0.4, -0.2) is 55.1 Å². The highest BCUT2D eigenvalue weighted by Crippen LogP contribution is 2.14. The number of carbonyl (C=O) groups is 2. The van der Waals surface area contributed by atoms with Crippen LogP contribution in [0.4, 0.5) is 5.69 Å². The van der Waals surface area contributed by atoms with Crippen molar-refractivity contribution in [3.05, 3.63) is 29.8 Å². The van der Waals surface area contributed by atoms with E-state index in [-0.39, 0.29) is 36.4 Å². The Bertz CT molecular complexity index is 574. The highest BCUT2D eigenvalue weighted by molar-refractivity contribution is 5.97. The predicted octanol–water partition coefficient (Wildman–Crippen LogP) is 2.69. The van der Waals surface area contributed by atoms with E-state index in [9.17, 15) is 9.59 Å². The average Bonchev–Trinajstić information content (AvgIpc) is 2.62. The molecule has 2 N–H and O–H groups in total. The molecule has 1 aliphatic heterocycles. The van der Waals surface area contributed by atoms with Crippen LogP contribution < -0.4 is 10.6 Å². The third kappa shape index (κ3) is 5.97. The number of rotatable bonds is 7. The van der Waals surface area contributed by atoms with Crippen molar-refractivity contribution >= 4 is 29.9 Å². The van der Waals surface area contributed by atoms with Crippen LogP contribution in [0.5, 0.6) is 0 Å². The van der Waals surface area contributed by atoms with Gasteiger partial charge in [0, 0.05) is 30.9 Å². The van der Waals surface area contributed by atoms with Crippen LogP contribution in [0, 0.1) is 0 Å². The Morgan fingerprint density at radius 3 is 2.35 bits per heavy atom. The quantitative estimate of drug-likeness (QED) is 0.759. The topological polar surface area (TPSA) is 70.7 Å². The van der Waals surface area contributed by atoms with Crippen LogP contribution in [0.3, 0.4) is 0 Å². The van der Waals surface area contributed by atoms with Crippen LogP contribution in [0.25, 0.3) is 0 Å². The van der Waals surface area contributed by atoms with Crippen LogP contribution >= 0.6 is 12.4 Å². The van der Waals surface area contributed by atoms with Gasteiger partial charge in [-0.05, 0) is 44.0 Å². The summed E-state index contributed by atoms with van der Waals surface area (Å²) >= 11 is 0. The maximum absolute atomic E-state index is 12.6. The molecule has 1 fully saturated rings. The molecule has 0 spiro atoms. The van der Waals surface area contributed by atoms with E-state index in [0.29, 0.717) is 24.4 Å². The molecule has 0 aliphatic carbocycles. The zero-order chi connectivity index (χ0) is 18.2. The predicted molar refractivity (Wildman–Crippen MR) is 106 cm³/mol. The lowest BCUT2D eigenvalue weighted by atomic mass is 10.1. The van der Waals surface area contributed by atoms with Gasteiger partial charge in [0.15, 0.2) is 0 Å². The third-order valence-electron chi connectivity index (χ3n) is 4.27. The fourth-order valence-electron chi connectivity index (χ4n) is 2.98. The molecular formula is C19H30ClN3O3. The van der Waals surface area contributed by atoms with Gasteiger partial charge in [0.2, 0.25) is 5.91 Å². The summed E-state index contributed by atoms with van der Waals surface area (Å²) in [6, 6.07) is 6.72. The Morgan fingerprint density at radius 1 is 1.19 bits per heavy atom. The van der Waals surface area contributed by atoms with Gasteiger partial charge in [-0.3, -0.25) is 9.59 Å². The number of morpholine rings is 1. The number of amides is 2. The Morgan fingerprint density at radius 2 is 1.81 bits per heavy atom. The highest BCUT2D eigenvalue weighted by atomic mass is 35.5. The first-order valence-corrected chi connectivity index (χ1v) is 9.12. The molecular weight excluding hydrogens is 354 g/mol. The molecule has 2 atom stereocenters. The van der Waals surface area contributed by atoms with E-state index in [1.807, 2.05) is 11.8 Å². The van der Waals surface area contributed by atoms with Crippen LogP contribution in [-0.2, 0) is 9.53 Å². The molecule has 2 amide bonds. The Kier molecular flexibility index (Phi) is 9.62. The van der Waals surface area contributed by atoms with E-state index in [0.717, 1.165) is 25.9 Å². The number of anilines is 1. The Balaban J connectivity index is 0.00000338. The summed E-state index contributed by atoms with van der Waals surface area (Å²) in [6.45, 7) is 8.83. The Labute approximate surface area is 162 Å². The molecule has 146 valence electrons. The average molecular weight is 384 g/mol. The first kappa shape index (κ1) is 22.4. The molecule has 26 heavy (non-hydrogen) atoms. The van der Waals surface area contributed by atoms with Gasteiger partial charge >= 0.3 is 0 Å². The standard InChI is InChI=1S/C19H29N3O3.ClH/c1-4-11-22(12-5-2)19(24)15-6-8-16(9-7-15)21-18(23)17-14(3)25-13-10-20-17;/h6-9,14,17,20H,4-5,10-13H2,1-3H3,(H,21,23);1H/t14-,17+;/m1./s1. The summed E-state index contributed by atoms with van der Waals surface area (Å²) in [7, 11) is 0. The molecule has 2 rings (SSSR count). The van der Waals surface area contributed by atoms with Crippen LogP contribution in [0.15, 0.2) is 24.3 Å². The second kappa shape index (κ2) is 11.2. The highest BCUT2D eigenvalue weighted by Gasteiger charge is 2.28. The van der Waals surface area contributed by atoms with Gasteiger partial charge in [0.1, 0.15) is 6.04 Å². The Hall–Kier alpha value is -1.63. The fourth-order valence-corrected chi connectivity index (χ4v) is 2.98. The lowest BCUT2D eigenvalue weighted by Crippen LogP contribution is -2.53. The van der Waals surface area contributed by atoms with E-state index in [4.69, 9.17) is 4.74 Å². The van der Waals surface area contributed by atoms with Crippen molar-refractivity contribution in [3.8, 4) is 0 Å². The number of nitrogens with one attached hydrogen (secondary N) is 2. The molecule has 0 radical (unpaired) electrons. The summed E-state index contributed by atoms with van der Waals surface area (Å²) in [6.07, 6.45) is 1.72. The molecule has 1 saturated heterocycles. The second-order valence-electron chi connectivity index (χ2n) is 6.37. The molecule has 0 unspecified atom stereocenters. The van der Waals surface area contributed by atoms with E-state index in [2.05, 4.69) is 24.5 Å². The van der Waals surface area contributed by atoms with Crippen molar-refractivity contribution in [2.45, 2.75) is 45.8 Å². The van der Waals surface area contributed by atoms with E-state index in [1.165, 1.54) is 0 Å².